The molecule has 1 saturated heterocycles. The number of anilines is 1. The zero-order chi connectivity index (χ0) is 13.5. The van der Waals surface area contributed by atoms with E-state index in [9.17, 15) is 0 Å². The van der Waals surface area contributed by atoms with Crippen molar-refractivity contribution in [2.45, 2.75) is 25.3 Å². The lowest BCUT2D eigenvalue weighted by Gasteiger charge is -2.36. The van der Waals surface area contributed by atoms with Crippen LogP contribution in [0.15, 0.2) is 24.3 Å². The molecular formula is C15H24N2O2. The number of nitrogens with two attached hydrogens (primary N) is 1. The lowest BCUT2D eigenvalue weighted by molar-refractivity contribution is 0.0844. The van der Waals surface area contributed by atoms with E-state index in [1.165, 1.54) is 5.69 Å². The molecule has 0 atom stereocenters. The summed E-state index contributed by atoms with van der Waals surface area (Å²) in [4.78, 5) is 2.47. The summed E-state index contributed by atoms with van der Waals surface area (Å²) in [6.07, 6.45) is 3.20. The monoisotopic (exact) mass is 264 g/mol. The zero-order valence-electron chi connectivity index (χ0n) is 11.7. The van der Waals surface area contributed by atoms with Crippen LogP contribution in [0.4, 0.5) is 5.69 Å². The number of rotatable bonds is 6. The molecule has 0 saturated carbocycles. The first-order valence-corrected chi connectivity index (χ1v) is 7.03. The van der Waals surface area contributed by atoms with Crippen LogP contribution in [0.25, 0.3) is 0 Å². The van der Waals surface area contributed by atoms with Crippen LogP contribution in [0.5, 0.6) is 5.75 Å². The van der Waals surface area contributed by atoms with Gasteiger partial charge in [0, 0.05) is 31.5 Å². The molecule has 106 valence electrons. The molecule has 4 nitrogen and oxygen atoms in total. The van der Waals surface area contributed by atoms with Crippen molar-refractivity contribution >= 4 is 5.69 Å². The molecule has 1 aliphatic rings. The van der Waals surface area contributed by atoms with Crippen LogP contribution in [-0.2, 0) is 4.74 Å². The second-order valence-corrected chi connectivity index (χ2v) is 4.88. The topological polar surface area (TPSA) is 47.7 Å². The standard InChI is InChI=1S/C15H24N2O2/c1-18-15-5-3-13(4-6-15)17(10-2-9-16)14-7-11-19-12-8-14/h3-6,14H,2,7-12,16H2,1H3. The van der Waals surface area contributed by atoms with E-state index in [0.29, 0.717) is 6.04 Å². The van der Waals surface area contributed by atoms with Gasteiger partial charge < -0.3 is 20.1 Å². The van der Waals surface area contributed by atoms with Crippen molar-refractivity contribution in [2.75, 3.05) is 38.3 Å². The fourth-order valence-corrected chi connectivity index (χ4v) is 2.55. The summed E-state index contributed by atoms with van der Waals surface area (Å²) >= 11 is 0. The van der Waals surface area contributed by atoms with Gasteiger partial charge in [0.1, 0.15) is 5.75 Å². The highest BCUT2D eigenvalue weighted by Gasteiger charge is 2.21. The van der Waals surface area contributed by atoms with Crippen molar-refractivity contribution in [1.29, 1.82) is 0 Å². The molecule has 4 heteroatoms. The molecule has 2 rings (SSSR count). The third kappa shape index (κ3) is 3.85. The molecule has 1 fully saturated rings. The van der Waals surface area contributed by atoms with Crippen molar-refractivity contribution in [3.05, 3.63) is 24.3 Å². The number of hydrogen-bond acceptors (Lipinski definition) is 4. The molecule has 1 aromatic rings. The summed E-state index contributed by atoms with van der Waals surface area (Å²) < 4.78 is 10.7. The van der Waals surface area contributed by atoms with E-state index >= 15 is 0 Å². The molecule has 0 spiro atoms. The van der Waals surface area contributed by atoms with Gasteiger partial charge in [-0.1, -0.05) is 0 Å². The van der Waals surface area contributed by atoms with Gasteiger partial charge in [0.15, 0.2) is 0 Å². The van der Waals surface area contributed by atoms with Crippen molar-refractivity contribution in [3.63, 3.8) is 0 Å². The third-order valence-corrected chi connectivity index (χ3v) is 3.64. The Morgan fingerprint density at radius 3 is 2.53 bits per heavy atom. The lowest BCUT2D eigenvalue weighted by atomic mass is 10.1. The summed E-state index contributed by atoms with van der Waals surface area (Å²) in [5.41, 5.74) is 6.91. The predicted molar refractivity (Wildman–Crippen MR) is 77.9 cm³/mol. The maximum Gasteiger partial charge on any atom is 0.119 e. The van der Waals surface area contributed by atoms with E-state index in [-0.39, 0.29) is 0 Å². The number of hydrogen-bond donors (Lipinski definition) is 1. The molecule has 1 aromatic carbocycles. The average molecular weight is 264 g/mol. The first-order chi connectivity index (χ1) is 9.35. The second-order valence-electron chi connectivity index (χ2n) is 4.88. The quantitative estimate of drug-likeness (QED) is 0.854. The van der Waals surface area contributed by atoms with Gasteiger partial charge in [0.05, 0.1) is 7.11 Å². The lowest BCUT2D eigenvalue weighted by Crippen LogP contribution is -2.40. The summed E-state index contributed by atoms with van der Waals surface area (Å²) in [5.74, 6) is 0.898. The number of ether oxygens (including phenoxy) is 2. The van der Waals surface area contributed by atoms with Crippen LogP contribution in [0, 0.1) is 0 Å². The number of benzene rings is 1. The van der Waals surface area contributed by atoms with Gasteiger partial charge in [0.25, 0.3) is 0 Å². The fourth-order valence-electron chi connectivity index (χ4n) is 2.55. The summed E-state index contributed by atoms with van der Waals surface area (Å²) in [6, 6.07) is 8.86. The minimum absolute atomic E-state index is 0.564. The zero-order valence-corrected chi connectivity index (χ0v) is 11.7. The van der Waals surface area contributed by atoms with E-state index in [1.807, 2.05) is 12.1 Å². The summed E-state index contributed by atoms with van der Waals surface area (Å²) in [7, 11) is 1.69. The Bertz CT molecular complexity index is 361. The maximum absolute atomic E-state index is 5.66. The van der Waals surface area contributed by atoms with Crippen LogP contribution in [0.3, 0.4) is 0 Å². The van der Waals surface area contributed by atoms with E-state index in [0.717, 1.165) is 51.3 Å². The van der Waals surface area contributed by atoms with Gasteiger partial charge in [-0.05, 0) is 50.1 Å². The van der Waals surface area contributed by atoms with Gasteiger partial charge in [-0.25, -0.2) is 0 Å². The van der Waals surface area contributed by atoms with E-state index in [1.54, 1.807) is 7.11 Å². The Kier molecular flexibility index (Phi) is 5.48. The molecule has 1 aliphatic heterocycles. The Hall–Kier alpha value is -1.26. The maximum atomic E-state index is 5.66. The van der Waals surface area contributed by atoms with Crippen molar-refractivity contribution in [3.8, 4) is 5.75 Å². The van der Waals surface area contributed by atoms with E-state index in [4.69, 9.17) is 15.2 Å². The normalized spacial score (nSPS) is 16.3. The predicted octanol–water partition coefficient (Wildman–Crippen LogP) is 2.03. The molecule has 0 unspecified atom stereocenters. The third-order valence-electron chi connectivity index (χ3n) is 3.64. The van der Waals surface area contributed by atoms with E-state index in [2.05, 4.69) is 17.0 Å². The van der Waals surface area contributed by atoms with Crippen molar-refractivity contribution in [2.24, 2.45) is 5.73 Å². The van der Waals surface area contributed by atoms with E-state index < -0.39 is 0 Å². The van der Waals surface area contributed by atoms with Gasteiger partial charge in [-0.15, -0.1) is 0 Å². The van der Waals surface area contributed by atoms with Crippen LogP contribution < -0.4 is 15.4 Å². The smallest absolute Gasteiger partial charge is 0.119 e. The Morgan fingerprint density at radius 1 is 1.26 bits per heavy atom. The molecule has 0 radical (unpaired) electrons. The van der Waals surface area contributed by atoms with Crippen LogP contribution >= 0.6 is 0 Å². The highest BCUT2D eigenvalue weighted by Crippen LogP contribution is 2.25. The Labute approximate surface area is 115 Å². The largest absolute Gasteiger partial charge is 0.497 e. The molecule has 0 aromatic heterocycles. The van der Waals surface area contributed by atoms with Gasteiger partial charge in [-0.2, -0.15) is 0 Å². The average Bonchev–Trinajstić information content (AvgIpc) is 2.49. The summed E-state index contributed by atoms with van der Waals surface area (Å²) in [5, 5.41) is 0. The minimum Gasteiger partial charge on any atom is -0.497 e. The number of methoxy groups -OCH3 is 1. The van der Waals surface area contributed by atoms with Gasteiger partial charge in [0.2, 0.25) is 0 Å². The van der Waals surface area contributed by atoms with Gasteiger partial charge >= 0.3 is 0 Å². The molecule has 0 aliphatic carbocycles. The molecule has 0 bridgehead atoms. The number of nitrogens with zero attached hydrogens (tertiary/aromatic N) is 1. The Morgan fingerprint density at radius 2 is 1.95 bits per heavy atom. The molecule has 2 N–H and O–H groups in total. The highest BCUT2D eigenvalue weighted by molar-refractivity contribution is 5.50. The van der Waals surface area contributed by atoms with Gasteiger partial charge in [-0.3, -0.25) is 0 Å². The minimum atomic E-state index is 0.564. The first kappa shape index (κ1) is 14.2. The highest BCUT2D eigenvalue weighted by atomic mass is 16.5. The molecule has 19 heavy (non-hydrogen) atoms. The fraction of sp³-hybridized carbons (Fsp3) is 0.600. The second kappa shape index (κ2) is 7.36. The Balaban J connectivity index is 2.10. The first-order valence-electron chi connectivity index (χ1n) is 7.03. The van der Waals surface area contributed by atoms with Crippen molar-refractivity contribution in [1.82, 2.24) is 0 Å². The van der Waals surface area contributed by atoms with Crippen molar-refractivity contribution < 1.29 is 9.47 Å². The molecular weight excluding hydrogens is 240 g/mol. The van der Waals surface area contributed by atoms with Crippen LogP contribution in [-0.4, -0.2) is 39.5 Å². The molecule has 1 heterocycles. The van der Waals surface area contributed by atoms with Crippen LogP contribution in [0.1, 0.15) is 19.3 Å². The SMILES string of the molecule is COc1ccc(N(CCCN)C2CCOCC2)cc1. The molecule has 0 amide bonds. The summed E-state index contributed by atoms with van der Waals surface area (Å²) in [6.45, 7) is 3.46. The van der Waals surface area contributed by atoms with Crippen LogP contribution in [0.2, 0.25) is 0 Å².